The molecule has 0 radical (unpaired) electrons. The summed E-state index contributed by atoms with van der Waals surface area (Å²) in [5.74, 6) is -0.344. The highest BCUT2D eigenvalue weighted by Gasteiger charge is 2.32. The zero-order valence-corrected chi connectivity index (χ0v) is 16.0. The molecular formula is C21H18F3N5O. The Bertz CT molecular complexity index is 1080. The molecule has 0 saturated heterocycles. The van der Waals surface area contributed by atoms with Gasteiger partial charge in [-0.05, 0) is 55.2 Å². The highest BCUT2D eigenvalue weighted by atomic mass is 19.4. The summed E-state index contributed by atoms with van der Waals surface area (Å²) in [4.78, 5) is 23.7. The zero-order valence-electron chi connectivity index (χ0n) is 16.0. The fraction of sp³-hybridized carbons (Fsp3) is 0.238. The fourth-order valence-corrected chi connectivity index (χ4v) is 2.91. The minimum absolute atomic E-state index is 0.147. The van der Waals surface area contributed by atoms with E-state index in [9.17, 15) is 18.0 Å². The largest absolute Gasteiger partial charge is 0.433 e. The monoisotopic (exact) mass is 413 g/mol. The van der Waals surface area contributed by atoms with Gasteiger partial charge in [-0.3, -0.25) is 9.78 Å². The van der Waals surface area contributed by atoms with Crippen LogP contribution in [-0.2, 0) is 6.18 Å². The second-order valence-electron chi connectivity index (χ2n) is 7.16. The molecule has 2 aromatic heterocycles. The number of nitrogens with zero attached hydrogens (tertiary/aromatic N) is 3. The molecule has 2 N–H and O–H groups in total. The molecule has 3 aromatic rings. The van der Waals surface area contributed by atoms with Crippen molar-refractivity contribution >= 4 is 17.5 Å². The molecule has 0 unspecified atom stereocenters. The summed E-state index contributed by atoms with van der Waals surface area (Å²) in [5.41, 5.74) is 2.32. The van der Waals surface area contributed by atoms with Crippen molar-refractivity contribution in [2.45, 2.75) is 32.0 Å². The van der Waals surface area contributed by atoms with Crippen LogP contribution in [0, 0.1) is 6.92 Å². The summed E-state index contributed by atoms with van der Waals surface area (Å²) < 4.78 is 38.6. The van der Waals surface area contributed by atoms with Crippen LogP contribution < -0.4 is 10.6 Å². The molecule has 0 atom stereocenters. The van der Waals surface area contributed by atoms with Crippen molar-refractivity contribution in [3.8, 4) is 11.1 Å². The van der Waals surface area contributed by atoms with E-state index in [1.54, 1.807) is 30.5 Å². The van der Waals surface area contributed by atoms with Gasteiger partial charge in [0.15, 0.2) is 0 Å². The molecule has 1 aliphatic rings. The van der Waals surface area contributed by atoms with Crippen molar-refractivity contribution in [2.24, 2.45) is 0 Å². The fourth-order valence-electron chi connectivity index (χ4n) is 2.91. The molecule has 1 amide bonds. The van der Waals surface area contributed by atoms with Crippen LogP contribution in [0.3, 0.4) is 0 Å². The molecule has 9 heteroatoms. The Hall–Kier alpha value is -3.49. The molecule has 1 aromatic carbocycles. The molecule has 154 valence electrons. The first-order valence-corrected chi connectivity index (χ1v) is 9.34. The van der Waals surface area contributed by atoms with Gasteiger partial charge in [-0.25, -0.2) is 9.97 Å². The highest BCUT2D eigenvalue weighted by Crippen LogP contribution is 2.29. The minimum Gasteiger partial charge on any atom is -0.348 e. The number of carbonyl (C=O) groups is 1. The third kappa shape index (κ3) is 4.73. The number of rotatable bonds is 5. The van der Waals surface area contributed by atoms with Gasteiger partial charge in [-0.2, -0.15) is 13.2 Å². The second-order valence-corrected chi connectivity index (χ2v) is 7.16. The number of halogens is 3. The normalized spacial score (nSPS) is 13.7. The number of alkyl halides is 3. The summed E-state index contributed by atoms with van der Waals surface area (Å²) >= 11 is 0. The molecule has 0 bridgehead atoms. The SMILES string of the molecule is Cc1cc(Nc2nccc(C(F)(F)F)n2)cc(-c2ccc(C(=O)NC3CC3)nc2)c1. The Labute approximate surface area is 170 Å². The van der Waals surface area contributed by atoms with Gasteiger partial charge in [0.05, 0.1) is 0 Å². The Morgan fingerprint density at radius 2 is 1.87 bits per heavy atom. The van der Waals surface area contributed by atoms with Crippen LogP contribution in [0.2, 0.25) is 0 Å². The highest BCUT2D eigenvalue weighted by molar-refractivity contribution is 5.93. The average molecular weight is 413 g/mol. The standard InChI is InChI=1S/C21H18F3N5O/c1-12-8-14(13-2-5-17(26-11-13)19(30)27-15-3-4-15)10-16(9-12)28-20-25-7-6-18(29-20)21(22,23)24/h2,5-11,15H,3-4H2,1H3,(H,27,30)(H,25,28,29). The van der Waals surface area contributed by atoms with Gasteiger partial charge >= 0.3 is 6.18 Å². The van der Waals surface area contributed by atoms with Crippen molar-refractivity contribution in [3.05, 3.63) is 65.7 Å². The molecule has 1 fully saturated rings. The van der Waals surface area contributed by atoms with E-state index in [2.05, 4.69) is 25.6 Å². The molecule has 2 heterocycles. The molecule has 4 rings (SSSR count). The lowest BCUT2D eigenvalue weighted by Crippen LogP contribution is -2.26. The number of hydrogen-bond donors (Lipinski definition) is 2. The van der Waals surface area contributed by atoms with Gasteiger partial charge in [-0.15, -0.1) is 0 Å². The van der Waals surface area contributed by atoms with Gasteiger partial charge in [0.1, 0.15) is 11.4 Å². The lowest BCUT2D eigenvalue weighted by molar-refractivity contribution is -0.141. The Morgan fingerprint density at radius 1 is 1.07 bits per heavy atom. The predicted octanol–water partition coefficient (Wildman–Crippen LogP) is 4.50. The topological polar surface area (TPSA) is 79.8 Å². The van der Waals surface area contributed by atoms with E-state index in [1.807, 2.05) is 13.0 Å². The van der Waals surface area contributed by atoms with E-state index >= 15 is 0 Å². The maximum atomic E-state index is 12.9. The number of aromatic nitrogens is 3. The number of pyridine rings is 1. The summed E-state index contributed by atoms with van der Waals surface area (Å²) in [6, 6.07) is 9.96. The van der Waals surface area contributed by atoms with Crippen molar-refractivity contribution < 1.29 is 18.0 Å². The Balaban J connectivity index is 1.55. The zero-order chi connectivity index (χ0) is 21.3. The third-order valence-electron chi connectivity index (χ3n) is 4.52. The molecule has 0 aliphatic heterocycles. The van der Waals surface area contributed by atoms with E-state index in [1.165, 1.54) is 0 Å². The van der Waals surface area contributed by atoms with Crippen LogP contribution in [0.25, 0.3) is 11.1 Å². The van der Waals surface area contributed by atoms with E-state index < -0.39 is 11.9 Å². The van der Waals surface area contributed by atoms with Crippen LogP contribution >= 0.6 is 0 Å². The van der Waals surface area contributed by atoms with E-state index in [-0.39, 0.29) is 17.9 Å². The molecule has 1 aliphatic carbocycles. The van der Waals surface area contributed by atoms with Crippen LogP contribution in [0.1, 0.15) is 34.6 Å². The van der Waals surface area contributed by atoms with Crippen LogP contribution in [0.4, 0.5) is 24.8 Å². The van der Waals surface area contributed by atoms with Gasteiger partial charge in [0, 0.05) is 29.7 Å². The average Bonchev–Trinajstić information content (AvgIpc) is 3.51. The second kappa shape index (κ2) is 7.74. The Kier molecular flexibility index (Phi) is 5.11. The number of carbonyl (C=O) groups excluding carboxylic acids is 1. The van der Waals surface area contributed by atoms with Crippen molar-refractivity contribution in [1.29, 1.82) is 0 Å². The number of anilines is 2. The molecular weight excluding hydrogens is 395 g/mol. The molecule has 30 heavy (non-hydrogen) atoms. The summed E-state index contributed by atoms with van der Waals surface area (Å²) in [6.07, 6.45) is 0.110. The minimum atomic E-state index is -4.55. The van der Waals surface area contributed by atoms with Gasteiger partial charge in [0.2, 0.25) is 5.95 Å². The maximum absolute atomic E-state index is 12.9. The first kappa shape index (κ1) is 19.8. The van der Waals surface area contributed by atoms with Crippen molar-refractivity contribution in [3.63, 3.8) is 0 Å². The van der Waals surface area contributed by atoms with E-state index in [4.69, 9.17) is 0 Å². The van der Waals surface area contributed by atoms with Crippen LogP contribution in [-0.4, -0.2) is 26.9 Å². The number of aryl methyl sites for hydroxylation is 1. The molecule has 0 spiro atoms. The van der Waals surface area contributed by atoms with Crippen LogP contribution in [0.5, 0.6) is 0 Å². The lowest BCUT2D eigenvalue weighted by Gasteiger charge is -2.11. The van der Waals surface area contributed by atoms with E-state index in [0.29, 0.717) is 11.4 Å². The van der Waals surface area contributed by atoms with Gasteiger partial charge < -0.3 is 10.6 Å². The van der Waals surface area contributed by atoms with Gasteiger partial charge in [-0.1, -0.05) is 12.1 Å². The quantitative estimate of drug-likeness (QED) is 0.644. The first-order chi connectivity index (χ1) is 14.3. The number of benzene rings is 1. The van der Waals surface area contributed by atoms with Crippen LogP contribution in [0.15, 0.2) is 48.8 Å². The molecule has 6 nitrogen and oxygen atoms in total. The number of amides is 1. The molecule has 1 saturated carbocycles. The predicted molar refractivity (Wildman–Crippen MR) is 105 cm³/mol. The van der Waals surface area contributed by atoms with Crippen molar-refractivity contribution in [1.82, 2.24) is 20.3 Å². The maximum Gasteiger partial charge on any atom is 0.433 e. The summed E-state index contributed by atoms with van der Waals surface area (Å²) in [6.45, 7) is 1.87. The van der Waals surface area contributed by atoms with E-state index in [0.717, 1.165) is 41.8 Å². The summed E-state index contributed by atoms with van der Waals surface area (Å²) in [7, 11) is 0. The first-order valence-electron chi connectivity index (χ1n) is 9.34. The third-order valence-corrected chi connectivity index (χ3v) is 4.52. The number of nitrogens with one attached hydrogen (secondary N) is 2. The Morgan fingerprint density at radius 3 is 2.53 bits per heavy atom. The summed E-state index contributed by atoms with van der Waals surface area (Å²) in [5, 5.41) is 5.70. The van der Waals surface area contributed by atoms with Crippen molar-refractivity contribution in [2.75, 3.05) is 5.32 Å². The number of hydrogen-bond acceptors (Lipinski definition) is 5. The lowest BCUT2D eigenvalue weighted by atomic mass is 10.0. The smallest absolute Gasteiger partial charge is 0.348 e. The van der Waals surface area contributed by atoms with Gasteiger partial charge in [0.25, 0.3) is 5.91 Å².